The Hall–Kier alpha value is -2.79. The Morgan fingerprint density at radius 3 is 2.31 bits per heavy atom. The molecule has 11 heteroatoms. The van der Waals surface area contributed by atoms with Crippen molar-refractivity contribution in [2.75, 3.05) is 7.05 Å². The predicted octanol–water partition coefficient (Wildman–Crippen LogP) is 3.60. The number of hydrogen-bond donors (Lipinski definition) is 3. The zero-order valence-corrected chi connectivity index (χ0v) is 21.4. The van der Waals surface area contributed by atoms with Crippen LogP contribution in [0.4, 0.5) is 4.39 Å². The van der Waals surface area contributed by atoms with Crippen molar-refractivity contribution in [3.8, 4) is 0 Å². The van der Waals surface area contributed by atoms with Crippen molar-refractivity contribution < 1.29 is 22.4 Å². The molecule has 0 fully saturated rings. The molecule has 2 amide bonds. The van der Waals surface area contributed by atoms with Gasteiger partial charge < -0.3 is 10.6 Å². The standard InChI is InChI=1S/C24H25ClFN3O4S2/c1-3-18-12-13-21(34-18)35(32,33)29-22(15-8-10-17(25)11-9-15)24(31)28-20(23(30)27-2)14-16-6-4-5-7-19(16)26/h4-13,20,22,29H,3,14H2,1-2H3,(H,27,30)(H,28,31)/t20-,22?/m0/s1. The lowest BCUT2D eigenvalue weighted by atomic mass is 10.0. The first-order valence-corrected chi connectivity index (χ1v) is 13.4. The Labute approximate surface area is 212 Å². The van der Waals surface area contributed by atoms with Crippen molar-refractivity contribution in [3.05, 3.63) is 87.5 Å². The van der Waals surface area contributed by atoms with Gasteiger partial charge in [0.25, 0.3) is 10.0 Å². The van der Waals surface area contributed by atoms with Gasteiger partial charge in [-0.1, -0.05) is 48.9 Å². The van der Waals surface area contributed by atoms with Crippen LogP contribution in [0.2, 0.25) is 5.02 Å². The van der Waals surface area contributed by atoms with Crippen LogP contribution in [0.3, 0.4) is 0 Å². The van der Waals surface area contributed by atoms with Gasteiger partial charge in [-0.15, -0.1) is 11.3 Å². The maximum atomic E-state index is 14.2. The minimum absolute atomic E-state index is 0.0651. The van der Waals surface area contributed by atoms with Crippen LogP contribution in [0, 0.1) is 5.82 Å². The number of nitrogens with one attached hydrogen (secondary N) is 3. The molecule has 2 aromatic carbocycles. The van der Waals surface area contributed by atoms with Crippen molar-refractivity contribution in [2.24, 2.45) is 0 Å². The molecule has 0 radical (unpaired) electrons. The van der Waals surface area contributed by atoms with E-state index in [9.17, 15) is 22.4 Å². The second-order valence-electron chi connectivity index (χ2n) is 7.65. The number of carbonyl (C=O) groups excluding carboxylic acids is 2. The predicted molar refractivity (Wildman–Crippen MR) is 134 cm³/mol. The molecule has 1 unspecified atom stereocenters. The van der Waals surface area contributed by atoms with E-state index in [1.165, 1.54) is 55.6 Å². The number of rotatable bonds is 10. The average Bonchev–Trinajstić information content (AvgIpc) is 3.34. The number of amides is 2. The Morgan fingerprint density at radius 2 is 1.71 bits per heavy atom. The highest BCUT2D eigenvalue weighted by Crippen LogP contribution is 2.25. The summed E-state index contributed by atoms with van der Waals surface area (Å²) in [7, 11) is -2.67. The molecule has 1 aromatic heterocycles. The van der Waals surface area contributed by atoms with Gasteiger partial charge in [-0.2, -0.15) is 4.72 Å². The summed E-state index contributed by atoms with van der Waals surface area (Å²) in [4.78, 5) is 26.7. The molecule has 0 aliphatic heterocycles. The first kappa shape index (κ1) is 26.8. The minimum atomic E-state index is -4.07. The lowest BCUT2D eigenvalue weighted by molar-refractivity contribution is -0.129. The molecule has 7 nitrogen and oxygen atoms in total. The van der Waals surface area contributed by atoms with E-state index in [4.69, 9.17) is 11.6 Å². The summed E-state index contributed by atoms with van der Waals surface area (Å²) >= 11 is 7.08. The molecular weight excluding hydrogens is 513 g/mol. The fraction of sp³-hybridized carbons (Fsp3) is 0.250. The number of halogens is 2. The summed E-state index contributed by atoms with van der Waals surface area (Å²) in [6, 6.07) is 12.7. The van der Waals surface area contributed by atoms with Gasteiger partial charge >= 0.3 is 0 Å². The van der Waals surface area contributed by atoms with E-state index in [1.807, 2.05) is 6.92 Å². The summed E-state index contributed by atoms with van der Waals surface area (Å²) in [5.74, 6) is -1.84. The Kier molecular flexibility index (Phi) is 9.01. The second kappa shape index (κ2) is 11.8. The summed E-state index contributed by atoms with van der Waals surface area (Å²) < 4.78 is 42.9. The normalized spacial score (nSPS) is 13.1. The van der Waals surface area contributed by atoms with Crippen LogP contribution in [-0.2, 0) is 32.5 Å². The number of sulfonamides is 1. The van der Waals surface area contributed by atoms with Crippen molar-refractivity contribution in [1.29, 1.82) is 0 Å². The fourth-order valence-corrected chi connectivity index (χ4v) is 5.98. The summed E-state index contributed by atoms with van der Waals surface area (Å²) in [6.45, 7) is 1.91. The van der Waals surface area contributed by atoms with Crippen molar-refractivity contribution >= 4 is 44.8 Å². The maximum absolute atomic E-state index is 14.2. The van der Waals surface area contributed by atoms with Crippen LogP contribution in [0.5, 0.6) is 0 Å². The topological polar surface area (TPSA) is 104 Å². The largest absolute Gasteiger partial charge is 0.357 e. The third-order valence-corrected chi connectivity index (χ3v) is 8.65. The third kappa shape index (κ3) is 6.88. The molecule has 0 saturated carbocycles. The molecule has 1 heterocycles. The number of carbonyl (C=O) groups is 2. The van der Waals surface area contributed by atoms with Crippen molar-refractivity contribution in [2.45, 2.75) is 36.1 Å². The Balaban J connectivity index is 1.92. The average molecular weight is 538 g/mol. The van der Waals surface area contributed by atoms with Gasteiger partial charge in [0.05, 0.1) is 0 Å². The van der Waals surface area contributed by atoms with Crippen LogP contribution in [0.1, 0.15) is 29.0 Å². The van der Waals surface area contributed by atoms with E-state index >= 15 is 0 Å². The summed E-state index contributed by atoms with van der Waals surface area (Å²) in [5, 5.41) is 5.43. The van der Waals surface area contributed by atoms with Crippen LogP contribution < -0.4 is 15.4 Å². The summed E-state index contributed by atoms with van der Waals surface area (Å²) in [5.41, 5.74) is 0.556. The van der Waals surface area contributed by atoms with Gasteiger partial charge in [-0.05, 0) is 47.9 Å². The molecule has 3 N–H and O–H groups in total. The third-order valence-electron chi connectivity index (χ3n) is 5.25. The van der Waals surface area contributed by atoms with Gasteiger partial charge in [0.2, 0.25) is 11.8 Å². The van der Waals surface area contributed by atoms with Gasteiger partial charge in [-0.3, -0.25) is 9.59 Å². The highest BCUT2D eigenvalue weighted by atomic mass is 35.5. The molecular formula is C24H25ClFN3O4S2. The van der Waals surface area contributed by atoms with Gasteiger partial charge in [0, 0.05) is 23.4 Å². The van der Waals surface area contributed by atoms with E-state index < -0.39 is 39.7 Å². The van der Waals surface area contributed by atoms with Gasteiger partial charge in [-0.25, -0.2) is 12.8 Å². The molecule has 3 rings (SSSR count). The lowest BCUT2D eigenvalue weighted by Crippen LogP contribution is -2.51. The summed E-state index contributed by atoms with van der Waals surface area (Å²) in [6.07, 6.45) is 0.550. The molecule has 35 heavy (non-hydrogen) atoms. The molecule has 3 aromatic rings. The maximum Gasteiger partial charge on any atom is 0.251 e. The van der Waals surface area contributed by atoms with Crippen molar-refractivity contribution in [3.63, 3.8) is 0 Å². The van der Waals surface area contributed by atoms with Gasteiger partial charge in [0.1, 0.15) is 22.1 Å². The molecule has 0 aliphatic carbocycles. The quantitative estimate of drug-likeness (QED) is 0.367. The lowest BCUT2D eigenvalue weighted by Gasteiger charge is -2.23. The zero-order chi connectivity index (χ0) is 25.6. The molecule has 0 aliphatic rings. The zero-order valence-electron chi connectivity index (χ0n) is 19.0. The van der Waals surface area contributed by atoms with E-state index in [1.54, 1.807) is 12.1 Å². The smallest absolute Gasteiger partial charge is 0.251 e. The first-order valence-electron chi connectivity index (χ1n) is 10.8. The molecule has 0 bridgehead atoms. The highest BCUT2D eigenvalue weighted by Gasteiger charge is 2.31. The van der Waals surface area contributed by atoms with Gasteiger partial charge in [0.15, 0.2) is 0 Å². The van der Waals surface area contributed by atoms with Crippen molar-refractivity contribution in [1.82, 2.24) is 15.4 Å². The number of hydrogen-bond acceptors (Lipinski definition) is 5. The van der Waals surface area contributed by atoms with E-state index in [0.717, 1.165) is 16.2 Å². The molecule has 186 valence electrons. The molecule has 0 saturated heterocycles. The second-order valence-corrected chi connectivity index (χ2v) is 11.2. The molecule has 0 spiro atoms. The monoisotopic (exact) mass is 537 g/mol. The molecule has 2 atom stereocenters. The fourth-order valence-electron chi connectivity index (χ4n) is 3.36. The number of aryl methyl sites for hydroxylation is 1. The van der Waals surface area contributed by atoms with Crippen LogP contribution in [0.15, 0.2) is 64.9 Å². The van der Waals surface area contributed by atoms with Crippen LogP contribution >= 0.6 is 22.9 Å². The first-order chi connectivity index (χ1) is 16.6. The van der Waals surface area contributed by atoms with E-state index in [-0.39, 0.29) is 16.2 Å². The highest BCUT2D eigenvalue weighted by molar-refractivity contribution is 7.91. The number of thiophene rings is 1. The SMILES string of the molecule is CCc1ccc(S(=O)(=O)NC(C(=O)N[C@@H](Cc2ccccc2F)C(=O)NC)c2ccc(Cl)cc2)s1. The van der Waals surface area contributed by atoms with Crippen LogP contribution in [-0.4, -0.2) is 33.3 Å². The Morgan fingerprint density at radius 1 is 1.03 bits per heavy atom. The van der Waals surface area contributed by atoms with E-state index in [0.29, 0.717) is 17.0 Å². The van der Waals surface area contributed by atoms with E-state index in [2.05, 4.69) is 15.4 Å². The Bertz CT molecular complexity index is 1300. The van der Waals surface area contributed by atoms with Crippen LogP contribution in [0.25, 0.3) is 0 Å². The number of likely N-dealkylation sites (N-methyl/N-ethyl adjacent to an activating group) is 1. The number of benzene rings is 2. The minimum Gasteiger partial charge on any atom is -0.357 e.